The quantitative estimate of drug-likeness (QED) is 0.644. The van der Waals surface area contributed by atoms with Crippen LogP contribution < -0.4 is 15.8 Å². The molecule has 2 heterocycles. The van der Waals surface area contributed by atoms with Gasteiger partial charge in [-0.25, -0.2) is 4.79 Å². The van der Waals surface area contributed by atoms with E-state index >= 15 is 0 Å². The van der Waals surface area contributed by atoms with Crippen LogP contribution >= 0.6 is 0 Å². The topological polar surface area (TPSA) is 51.3 Å². The molecule has 0 unspecified atom stereocenters. The van der Waals surface area contributed by atoms with Gasteiger partial charge >= 0.3 is 5.63 Å². The van der Waals surface area contributed by atoms with Crippen LogP contribution in [0.25, 0.3) is 11.0 Å². The monoisotopic (exact) mass is 378 g/mol. The Hall–Kier alpha value is -2.43. The molecule has 1 aliphatic heterocycles. The standard InChI is InChI=1S/C24H28N2O2/c1-17-10-11-21-20(14-23(27)28-24(21)18(17)2)15-25-16-22(26-12-6-7-13-26)19-8-4-3-5-9-19/h3-5,8-11,14,22,25H,6-7,12-13,15-16H2,1-2H3/p+2/t22-/m1/s1. The summed E-state index contributed by atoms with van der Waals surface area (Å²) in [5.41, 5.74) is 5.17. The number of likely N-dealkylation sites (tertiary alicyclic amines) is 1. The summed E-state index contributed by atoms with van der Waals surface area (Å²) in [7, 11) is 0. The van der Waals surface area contributed by atoms with Gasteiger partial charge in [0.1, 0.15) is 18.7 Å². The van der Waals surface area contributed by atoms with Crippen molar-refractivity contribution >= 4 is 11.0 Å². The Bertz CT molecular complexity index is 1000. The number of quaternary nitrogens is 2. The highest BCUT2D eigenvalue weighted by molar-refractivity contribution is 5.83. The van der Waals surface area contributed by atoms with E-state index in [0.29, 0.717) is 6.04 Å². The van der Waals surface area contributed by atoms with Gasteiger partial charge in [-0.3, -0.25) is 0 Å². The zero-order chi connectivity index (χ0) is 19.5. The summed E-state index contributed by atoms with van der Waals surface area (Å²) >= 11 is 0. The Balaban J connectivity index is 1.55. The molecule has 4 nitrogen and oxygen atoms in total. The number of fused-ring (bicyclic) bond motifs is 1. The molecule has 3 N–H and O–H groups in total. The Morgan fingerprint density at radius 2 is 1.82 bits per heavy atom. The summed E-state index contributed by atoms with van der Waals surface area (Å²) in [6.07, 6.45) is 2.64. The Morgan fingerprint density at radius 1 is 1.07 bits per heavy atom. The van der Waals surface area contributed by atoms with Crippen molar-refractivity contribution in [3.63, 3.8) is 0 Å². The van der Waals surface area contributed by atoms with Crippen molar-refractivity contribution in [3.8, 4) is 0 Å². The van der Waals surface area contributed by atoms with E-state index in [9.17, 15) is 4.79 Å². The summed E-state index contributed by atoms with van der Waals surface area (Å²) in [6, 6.07) is 17.2. The third-order valence-corrected chi connectivity index (χ3v) is 6.22. The van der Waals surface area contributed by atoms with Crippen LogP contribution in [0.1, 0.15) is 41.1 Å². The molecule has 2 aromatic carbocycles. The Labute approximate surface area is 166 Å². The summed E-state index contributed by atoms with van der Waals surface area (Å²) in [6.45, 7) is 8.40. The average Bonchev–Trinajstić information content (AvgIpc) is 3.23. The molecule has 0 bridgehead atoms. The SMILES string of the molecule is Cc1ccc2c(C[NH2+]C[C@H](c3ccccc3)[NH+]3CCCC3)cc(=O)oc2c1C. The molecule has 0 spiro atoms. The molecule has 4 rings (SSSR count). The molecule has 1 aromatic heterocycles. The molecule has 1 saturated heterocycles. The average molecular weight is 379 g/mol. The van der Waals surface area contributed by atoms with E-state index in [0.717, 1.165) is 40.7 Å². The van der Waals surface area contributed by atoms with Crippen molar-refractivity contribution in [2.24, 2.45) is 0 Å². The number of aryl methyl sites for hydroxylation is 2. The van der Waals surface area contributed by atoms with Gasteiger partial charge in [0.25, 0.3) is 0 Å². The van der Waals surface area contributed by atoms with Crippen molar-refractivity contribution in [3.05, 3.63) is 81.2 Å². The minimum atomic E-state index is -0.255. The molecule has 0 saturated carbocycles. The fourth-order valence-electron chi connectivity index (χ4n) is 4.50. The van der Waals surface area contributed by atoms with E-state index < -0.39 is 0 Å². The van der Waals surface area contributed by atoms with Gasteiger partial charge in [-0.1, -0.05) is 42.5 Å². The molecular formula is C24H30N2O2+2. The van der Waals surface area contributed by atoms with Gasteiger partial charge in [-0.05, 0) is 25.0 Å². The summed E-state index contributed by atoms with van der Waals surface area (Å²) in [5.74, 6) is 0. The van der Waals surface area contributed by atoms with Crippen LogP contribution in [-0.4, -0.2) is 19.6 Å². The molecule has 1 fully saturated rings. The largest absolute Gasteiger partial charge is 0.422 e. The number of nitrogens with one attached hydrogen (secondary N) is 1. The molecule has 0 amide bonds. The van der Waals surface area contributed by atoms with Crippen LogP contribution in [0.5, 0.6) is 0 Å². The maximum atomic E-state index is 12.1. The van der Waals surface area contributed by atoms with Crippen molar-refractivity contribution in [2.45, 2.75) is 39.3 Å². The van der Waals surface area contributed by atoms with Gasteiger partial charge in [-0.2, -0.15) is 0 Å². The van der Waals surface area contributed by atoms with Crippen molar-refractivity contribution in [1.29, 1.82) is 0 Å². The second kappa shape index (κ2) is 8.29. The van der Waals surface area contributed by atoms with Gasteiger partial charge in [0.2, 0.25) is 0 Å². The summed E-state index contributed by atoms with van der Waals surface area (Å²) < 4.78 is 5.52. The normalized spacial score (nSPS) is 15.9. The molecule has 28 heavy (non-hydrogen) atoms. The van der Waals surface area contributed by atoms with E-state index in [-0.39, 0.29) is 5.63 Å². The summed E-state index contributed by atoms with van der Waals surface area (Å²) in [5, 5.41) is 3.41. The lowest BCUT2D eigenvalue weighted by molar-refractivity contribution is -0.935. The molecule has 4 heteroatoms. The zero-order valence-electron chi connectivity index (χ0n) is 16.8. The zero-order valence-corrected chi connectivity index (χ0v) is 16.8. The maximum absolute atomic E-state index is 12.1. The Morgan fingerprint density at radius 3 is 2.57 bits per heavy atom. The van der Waals surface area contributed by atoms with Gasteiger partial charge in [-0.15, -0.1) is 0 Å². The molecule has 1 aliphatic rings. The van der Waals surface area contributed by atoms with E-state index in [2.05, 4.69) is 54.7 Å². The number of nitrogens with two attached hydrogens (primary N) is 1. The van der Waals surface area contributed by atoms with Crippen LogP contribution in [-0.2, 0) is 6.54 Å². The maximum Gasteiger partial charge on any atom is 0.336 e. The predicted molar refractivity (Wildman–Crippen MR) is 112 cm³/mol. The molecule has 3 aromatic rings. The molecule has 0 aliphatic carbocycles. The number of hydrogen-bond donors (Lipinski definition) is 2. The first kappa shape index (κ1) is 18.9. The first-order valence-corrected chi connectivity index (χ1v) is 10.4. The van der Waals surface area contributed by atoms with Crippen LogP contribution in [0.2, 0.25) is 0 Å². The second-order valence-corrected chi connectivity index (χ2v) is 8.03. The van der Waals surface area contributed by atoms with Gasteiger partial charge < -0.3 is 14.6 Å². The smallest absolute Gasteiger partial charge is 0.336 e. The highest BCUT2D eigenvalue weighted by atomic mass is 16.4. The first-order chi connectivity index (χ1) is 13.6. The third-order valence-electron chi connectivity index (χ3n) is 6.22. The summed E-state index contributed by atoms with van der Waals surface area (Å²) in [4.78, 5) is 13.8. The van der Waals surface area contributed by atoms with E-state index in [1.54, 1.807) is 11.0 Å². The number of rotatable bonds is 6. The van der Waals surface area contributed by atoms with Crippen LogP contribution in [0.3, 0.4) is 0 Å². The van der Waals surface area contributed by atoms with Crippen molar-refractivity contribution in [2.75, 3.05) is 19.6 Å². The second-order valence-electron chi connectivity index (χ2n) is 8.03. The first-order valence-electron chi connectivity index (χ1n) is 10.4. The number of benzene rings is 2. The fraction of sp³-hybridized carbons (Fsp3) is 0.375. The van der Waals surface area contributed by atoms with E-state index in [1.807, 2.05) is 6.92 Å². The molecule has 1 atom stereocenters. The van der Waals surface area contributed by atoms with Crippen LogP contribution in [0.4, 0.5) is 0 Å². The fourth-order valence-corrected chi connectivity index (χ4v) is 4.50. The lowest BCUT2D eigenvalue weighted by Gasteiger charge is -2.23. The van der Waals surface area contributed by atoms with Gasteiger partial charge in [0, 0.05) is 35.4 Å². The minimum absolute atomic E-state index is 0.255. The lowest BCUT2D eigenvalue weighted by Crippen LogP contribution is -3.13. The van der Waals surface area contributed by atoms with E-state index in [1.165, 1.54) is 31.5 Å². The predicted octanol–water partition coefficient (Wildman–Crippen LogP) is 1.89. The minimum Gasteiger partial charge on any atom is -0.422 e. The molecular weight excluding hydrogens is 348 g/mol. The molecule has 0 radical (unpaired) electrons. The van der Waals surface area contributed by atoms with Crippen molar-refractivity contribution < 1.29 is 14.6 Å². The van der Waals surface area contributed by atoms with E-state index in [4.69, 9.17) is 4.42 Å². The molecule has 146 valence electrons. The van der Waals surface area contributed by atoms with Gasteiger partial charge in [0.05, 0.1) is 13.1 Å². The Kier molecular flexibility index (Phi) is 5.60. The lowest BCUT2D eigenvalue weighted by atomic mass is 10.0. The highest BCUT2D eigenvalue weighted by Crippen LogP contribution is 2.22. The van der Waals surface area contributed by atoms with Gasteiger partial charge in [0.15, 0.2) is 6.04 Å². The number of hydrogen-bond acceptors (Lipinski definition) is 2. The highest BCUT2D eigenvalue weighted by Gasteiger charge is 2.28. The van der Waals surface area contributed by atoms with Crippen molar-refractivity contribution in [1.82, 2.24) is 0 Å². The van der Waals surface area contributed by atoms with Crippen LogP contribution in [0.15, 0.2) is 57.7 Å². The van der Waals surface area contributed by atoms with Crippen LogP contribution in [0, 0.1) is 13.8 Å². The third kappa shape index (κ3) is 3.89.